The molecule has 6 nitrogen and oxygen atoms in total. The number of hydrogen-bond donors (Lipinski definition) is 1. The van der Waals surface area contributed by atoms with Crippen molar-refractivity contribution in [3.8, 4) is 11.3 Å². The van der Waals surface area contributed by atoms with Gasteiger partial charge in [0.2, 0.25) is 0 Å². The lowest BCUT2D eigenvalue weighted by Crippen LogP contribution is -2.24. The maximum absolute atomic E-state index is 12.1. The number of hydrogen-bond acceptors (Lipinski definition) is 4. The average Bonchev–Trinajstić information content (AvgIpc) is 3.14. The van der Waals surface area contributed by atoms with Gasteiger partial charge in [0.05, 0.1) is 17.3 Å². The van der Waals surface area contributed by atoms with Gasteiger partial charge in [-0.3, -0.25) is 9.48 Å². The van der Waals surface area contributed by atoms with Gasteiger partial charge >= 0.3 is 0 Å². The Kier molecular flexibility index (Phi) is 4.36. The van der Waals surface area contributed by atoms with Crippen molar-refractivity contribution in [2.24, 2.45) is 7.05 Å². The van der Waals surface area contributed by atoms with Gasteiger partial charge in [0.1, 0.15) is 0 Å². The highest BCUT2D eigenvalue weighted by Gasteiger charge is 2.15. The Hall–Kier alpha value is -2.31. The molecule has 0 aliphatic carbocycles. The summed E-state index contributed by atoms with van der Waals surface area (Å²) in [6.07, 6.45) is 1.66. The molecule has 0 radical (unpaired) electrons. The Balaban J connectivity index is 1.73. The minimum absolute atomic E-state index is 0.174. The summed E-state index contributed by atoms with van der Waals surface area (Å²) in [5, 5.41) is 11.5. The largest absolute Gasteiger partial charge is 0.355 e. The molecule has 3 rings (SSSR count). The molecule has 8 heteroatoms. The van der Waals surface area contributed by atoms with Gasteiger partial charge in [0.15, 0.2) is 11.5 Å². The second-order valence-electron chi connectivity index (χ2n) is 4.83. The molecule has 0 aliphatic rings. The topological polar surface area (TPSA) is 73.0 Å². The van der Waals surface area contributed by atoms with Gasteiger partial charge in [-0.1, -0.05) is 28.4 Å². The highest BCUT2D eigenvalue weighted by molar-refractivity contribution is 6.36. The second kappa shape index (κ2) is 6.44. The van der Waals surface area contributed by atoms with E-state index >= 15 is 0 Å². The standard InChI is InChI=1S/C15H12Cl2N4O2/c1-21-10(4-5-19-21)8-18-15(22)13-7-14(23-20-13)11-3-2-9(16)6-12(11)17/h2-7H,8H2,1H3,(H,18,22). The molecule has 0 atom stereocenters. The molecule has 0 saturated carbocycles. The minimum Gasteiger partial charge on any atom is -0.355 e. The second-order valence-corrected chi connectivity index (χ2v) is 5.67. The van der Waals surface area contributed by atoms with Gasteiger partial charge in [-0.25, -0.2) is 0 Å². The molecule has 0 unspecified atom stereocenters. The molecule has 3 aromatic rings. The Morgan fingerprint density at radius 1 is 1.30 bits per heavy atom. The third-order valence-corrected chi connectivity index (χ3v) is 3.84. The number of halogens is 2. The van der Waals surface area contributed by atoms with Gasteiger partial charge in [-0.05, 0) is 24.3 Å². The van der Waals surface area contributed by atoms with Gasteiger partial charge in [0.25, 0.3) is 5.91 Å². The van der Waals surface area contributed by atoms with Gasteiger partial charge in [-0.2, -0.15) is 5.10 Å². The van der Waals surface area contributed by atoms with Crippen LogP contribution in [0, 0.1) is 0 Å². The summed E-state index contributed by atoms with van der Waals surface area (Å²) in [5.74, 6) is 0.0589. The summed E-state index contributed by atoms with van der Waals surface area (Å²) in [6.45, 7) is 0.346. The highest BCUT2D eigenvalue weighted by atomic mass is 35.5. The fourth-order valence-electron chi connectivity index (χ4n) is 2.03. The zero-order valence-electron chi connectivity index (χ0n) is 12.1. The Labute approximate surface area is 142 Å². The van der Waals surface area contributed by atoms with E-state index in [2.05, 4.69) is 15.6 Å². The lowest BCUT2D eigenvalue weighted by atomic mass is 10.1. The normalized spacial score (nSPS) is 10.7. The predicted octanol–water partition coefficient (Wildman–Crippen LogP) is 3.31. The fourth-order valence-corrected chi connectivity index (χ4v) is 2.54. The first-order chi connectivity index (χ1) is 11.0. The monoisotopic (exact) mass is 350 g/mol. The van der Waals surface area contributed by atoms with Crippen LogP contribution in [0.2, 0.25) is 10.0 Å². The van der Waals surface area contributed by atoms with Crippen LogP contribution in [-0.2, 0) is 13.6 Å². The number of amides is 1. The van der Waals surface area contributed by atoms with E-state index in [0.29, 0.717) is 27.9 Å². The summed E-state index contributed by atoms with van der Waals surface area (Å²) in [4.78, 5) is 12.1. The van der Waals surface area contributed by atoms with E-state index in [1.807, 2.05) is 6.07 Å². The Morgan fingerprint density at radius 3 is 2.83 bits per heavy atom. The van der Waals surface area contributed by atoms with Crippen LogP contribution in [0.4, 0.5) is 0 Å². The Bertz CT molecular complexity index is 857. The first-order valence-electron chi connectivity index (χ1n) is 6.72. The molecule has 0 fully saturated rings. The minimum atomic E-state index is -0.341. The number of nitrogens with zero attached hydrogens (tertiary/aromatic N) is 3. The molecular weight excluding hydrogens is 339 g/mol. The SMILES string of the molecule is Cn1nccc1CNC(=O)c1cc(-c2ccc(Cl)cc2Cl)on1. The van der Waals surface area contributed by atoms with E-state index < -0.39 is 0 Å². The first-order valence-corrected chi connectivity index (χ1v) is 7.47. The molecule has 2 aromatic heterocycles. The van der Waals surface area contributed by atoms with Crippen molar-refractivity contribution in [1.29, 1.82) is 0 Å². The summed E-state index contributed by atoms with van der Waals surface area (Å²) in [7, 11) is 1.80. The number of benzene rings is 1. The van der Waals surface area contributed by atoms with Gasteiger partial charge in [-0.15, -0.1) is 0 Å². The summed E-state index contributed by atoms with van der Waals surface area (Å²) >= 11 is 12.0. The molecule has 0 bridgehead atoms. The van der Waals surface area contributed by atoms with E-state index in [0.717, 1.165) is 5.69 Å². The van der Waals surface area contributed by atoms with E-state index in [9.17, 15) is 4.79 Å². The number of carbonyl (C=O) groups is 1. The first kappa shape index (κ1) is 15.6. The van der Waals surface area contributed by atoms with E-state index in [4.69, 9.17) is 27.7 Å². The molecule has 2 heterocycles. The quantitative estimate of drug-likeness (QED) is 0.783. The van der Waals surface area contributed by atoms with Gasteiger partial charge in [0, 0.05) is 29.9 Å². The van der Waals surface area contributed by atoms with Crippen LogP contribution in [-0.4, -0.2) is 20.8 Å². The van der Waals surface area contributed by atoms with Crippen LogP contribution in [0.5, 0.6) is 0 Å². The maximum atomic E-state index is 12.1. The van der Waals surface area contributed by atoms with E-state index in [1.165, 1.54) is 6.07 Å². The molecule has 0 spiro atoms. The molecule has 1 amide bonds. The maximum Gasteiger partial charge on any atom is 0.273 e. The third kappa shape index (κ3) is 3.38. The molecule has 118 valence electrons. The van der Waals surface area contributed by atoms with Crippen LogP contribution in [0.25, 0.3) is 11.3 Å². The van der Waals surface area contributed by atoms with Crippen molar-refractivity contribution in [3.63, 3.8) is 0 Å². The van der Waals surface area contributed by atoms with Crippen molar-refractivity contribution in [2.45, 2.75) is 6.54 Å². The summed E-state index contributed by atoms with van der Waals surface area (Å²) < 4.78 is 6.88. The fraction of sp³-hybridized carbons (Fsp3) is 0.133. The molecular formula is C15H12Cl2N4O2. The summed E-state index contributed by atoms with van der Waals surface area (Å²) in [6, 6.07) is 8.36. The van der Waals surface area contributed by atoms with Crippen LogP contribution >= 0.6 is 23.2 Å². The Morgan fingerprint density at radius 2 is 2.13 bits per heavy atom. The average molecular weight is 351 g/mol. The van der Waals surface area contributed by atoms with E-state index in [1.54, 1.807) is 36.1 Å². The third-order valence-electron chi connectivity index (χ3n) is 3.29. The molecule has 23 heavy (non-hydrogen) atoms. The number of aryl methyl sites for hydroxylation is 1. The predicted molar refractivity (Wildman–Crippen MR) is 86.3 cm³/mol. The number of carbonyl (C=O) groups excluding carboxylic acids is 1. The zero-order chi connectivity index (χ0) is 16.4. The van der Waals surface area contributed by atoms with E-state index in [-0.39, 0.29) is 11.6 Å². The van der Waals surface area contributed by atoms with Crippen molar-refractivity contribution < 1.29 is 9.32 Å². The van der Waals surface area contributed by atoms with Gasteiger partial charge < -0.3 is 9.84 Å². The van der Waals surface area contributed by atoms with Crippen LogP contribution < -0.4 is 5.32 Å². The van der Waals surface area contributed by atoms with Crippen molar-refractivity contribution in [2.75, 3.05) is 0 Å². The van der Waals surface area contributed by atoms with Crippen LogP contribution in [0.15, 0.2) is 41.1 Å². The molecule has 0 aliphatic heterocycles. The van der Waals surface area contributed by atoms with Crippen molar-refractivity contribution in [1.82, 2.24) is 20.3 Å². The lowest BCUT2D eigenvalue weighted by Gasteiger charge is -2.02. The van der Waals surface area contributed by atoms with Crippen molar-refractivity contribution in [3.05, 3.63) is 58.0 Å². The number of nitrogens with one attached hydrogen (secondary N) is 1. The van der Waals surface area contributed by atoms with Crippen LogP contribution in [0.1, 0.15) is 16.2 Å². The zero-order valence-corrected chi connectivity index (χ0v) is 13.6. The number of aromatic nitrogens is 3. The lowest BCUT2D eigenvalue weighted by molar-refractivity contribution is 0.0941. The smallest absolute Gasteiger partial charge is 0.273 e. The van der Waals surface area contributed by atoms with Crippen LogP contribution in [0.3, 0.4) is 0 Å². The molecule has 1 N–H and O–H groups in total. The molecule has 1 aromatic carbocycles. The molecule has 0 saturated heterocycles. The number of rotatable bonds is 4. The highest BCUT2D eigenvalue weighted by Crippen LogP contribution is 2.30. The van der Waals surface area contributed by atoms with Crippen molar-refractivity contribution >= 4 is 29.1 Å². The summed E-state index contributed by atoms with van der Waals surface area (Å²) in [5.41, 5.74) is 1.67.